The minimum absolute atomic E-state index is 0.293. The first-order valence-corrected chi connectivity index (χ1v) is 10.1. The molecule has 3 aromatic rings. The van der Waals surface area contributed by atoms with Gasteiger partial charge in [-0.2, -0.15) is 11.3 Å². The van der Waals surface area contributed by atoms with Crippen LogP contribution in [0.1, 0.15) is 17.2 Å². The summed E-state index contributed by atoms with van der Waals surface area (Å²) in [7, 11) is 0. The second kappa shape index (κ2) is 8.75. The van der Waals surface area contributed by atoms with E-state index < -0.39 is 5.97 Å². The molecule has 0 fully saturated rings. The van der Waals surface area contributed by atoms with Gasteiger partial charge in [-0.15, -0.1) is 0 Å². The summed E-state index contributed by atoms with van der Waals surface area (Å²) in [6.45, 7) is -0.0107. The number of fused-ring (bicyclic) bond motifs is 1. The Balaban J connectivity index is 1.51. The number of esters is 1. The average Bonchev–Trinajstić information content (AvgIpc) is 3.29. The van der Waals surface area contributed by atoms with E-state index in [1.165, 1.54) is 6.08 Å². The van der Waals surface area contributed by atoms with Crippen molar-refractivity contribution in [1.29, 1.82) is 0 Å². The van der Waals surface area contributed by atoms with Crippen LogP contribution < -0.4 is 9.64 Å². The molecule has 5 nitrogen and oxygen atoms in total. The zero-order valence-corrected chi connectivity index (χ0v) is 16.4. The number of ether oxygens (including phenoxy) is 2. The highest BCUT2D eigenvalue weighted by Crippen LogP contribution is 2.39. The number of anilines is 1. The molecule has 6 heteroatoms. The van der Waals surface area contributed by atoms with E-state index in [4.69, 9.17) is 9.47 Å². The highest BCUT2D eigenvalue weighted by atomic mass is 32.1. The Morgan fingerprint density at radius 1 is 1.10 bits per heavy atom. The highest BCUT2D eigenvalue weighted by molar-refractivity contribution is 7.08. The molecule has 2 heterocycles. The summed E-state index contributed by atoms with van der Waals surface area (Å²) in [5, 5.41) is 3.85. The van der Waals surface area contributed by atoms with Crippen molar-refractivity contribution in [2.24, 2.45) is 0 Å². The van der Waals surface area contributed by atoms with Crippen molar-refractivity contribution in [3.05, 3.63) is 88.6 Å². The molecule has 0 radical (unpaired) electrons. The lowest BCUT2D eigenvalue weighted by atomic mass is 10.0. The Morgan fingerprint density at radius 2 is 1.90 bits per heavy atom. The number of thiophene rings is 1. The number of para-hydroxylation sites is 2. The number of hydrogen-bond donors (Lipinski definition) is 0. The minimum Gasteiger partial charge on any atom is -0.489 e. The number of hydrogen-bond acceptors (Lipinski definition) is 5. The third kappa shape index (κ3) is 4.38. The van der Waals surface area contributed by atoms with Crippen LogP contribution >= 0.6 is 11.3 Å². The van der Waals surface area contributed by atoms with Gasteiger partial charge in [-0.1, -0.05) is 42.5 Å². The van der Waals surface area contributed by atoms with Gasteiger partial charge >= 0.3 is 5.97 Å². The topological polar surface area (TPSA) is 55.8 Å². The Morgan fingerprint density at radius 3 is 2.69 bits per heavy atom. The zero-order chi connectivity index (χ0) is 20.1. The molecule has 2 aromatic carbocycles. The lowest BCUT2D eigenvalue weighted by Crippen LogP contribution is -2.43. The van der Waals surface area contributed by atoms with Crippen molar-refractivity contribution in [2.75, 3.05) is 18.1 Å². The second-order valence-corrected chi connectivity index (χ2v) is 7.25. The molecular weight excluding hydrogens is 386 g/mol. The van der Waals surface area contributed by atoms with Crippen LogP contribution in [0.15, 0.2) is 77.5 Å². The van der Waals surface area contributed by atoms with Gasteiger partial charge in [0.25, 0.3) is 5.91 Å². The molecule has 0 bridgehead atoms. The molecule has 29 heavy (non-hydrogen) atoms. The fraction of sp³-hybridized carbons (Fsp3) is 0.130. The van der Waals surface area contributed by atoms with Crippen LogP contribution in [0.2, 0.25) is 0 Å². The predicted octanol–water partition coefficient (Wildman–Crippen LogP) is 4.47. The van der Waals surface area contributed by atoms with Crippen LogP contribution in [0.3, 0.4) is 0 Å². The maximum Gasteiger partial charge on any atom is 0.331 e. The van der Waals surface area contributed by atoms with Crippen LogP contribution in [0.4, 0.5) is 5.69 Å². The van der Waals surface area contributed by atoms with Crippen LogP contribution in [-0.4, -0.2) is 25.1 Å². The van der Waals surface area contributed by atoms with E-state index in [-0.39, 0.29) is 18.6 Å². The van der Waals surface area contributed by atoms with E-state index >= 15 is 0 Å². The third-order valence-electron chi connectivity index (χ3n) is 4.58. The van der Waals surface area contributed by atoms with Crippen molar-refractivity contribution < 1.29 is 19.1 Å². The quantitative estimate of drug-likeness (QED) is 0.464. The maximum absolute atomic E-state index is 13.1. The molecule has 4 rings (SSSR count). The monoisotopic (exact) mass is 405 g/mol. The van der Waals surface area contributed by atoms with Crippen LogP contribution in [-0.2, 0) is 14.3 Å². The summed E-state index contributed by atoms with van der Waals surface area (Å²) >= 11 is 1.54. The minimum atomic E-state index is -0.553. The number of benzene rings is 2. The van der Waals surface area contributed by atoms with Crippen LogP contribution in [0.25, 0.3) is 6.08 Å². The van der Waals surface area contributed by atoms with E-state index in [1.807, 2.05) is 71.4 Å². The molecule has 1 aliphatic rings. The van der Waals surface area contributed by atoms with E-state index in [2.05, 4.69) is 0 Å². The van der Waals surface area contributed by atoms with Crippen molar-refractivity contribution >= 4 is 35.0 Å². The number of carbonyl (C=O) groups excluding carboxylic acids is 2. The third-order valence-corrected chi connectivity index (χ3v) is 5.28. The lowest BCUT2D eigenvalue weighted by Gasteiger charge is -2.37. The summed E-state index contributed by atoms with van der Waals surface area (Å²) in [6.07, 6.45) is 3.00. The predicted molar refractivity (Wildman–Crippen MR) is 113 cm³/mol. The first kappa shape index (κ1) is 19.0. The van der Waals surface area contributed by atoms with Gasteiger partial charge in [0.05, 0.1) is 11.7 Å². The average molecular weight is 405 g/mol. The van der Waals surface area contributed by atoms with Gasteiger partial charge in [0.15, 0.2) is 6.61 Å². The molecule has 146 valence electrons. The first-order chi connectivity index (χ1) is 14.2. The Kier molecular flexibility index (Phi) is 5.72. The van der Waals surface area contributed by atoms with Gasteiger partial charge in [0, 0.05) is 6.08 Å². The summed E-state index contributed by atoms with van der Waals surface area (Å²) in [5.41, 5.74) is 2.55. The van der Waals surface area contributed by atoms with E-state index in [1.54, 1.807) is 22.3 Å². The SMILES string of the molecule is O=C(/C=C/c1ccsc1)OCC(=O)N1c2ccccc2OC[C@H]1c1ccccc1. The highest BCUT2D eigenvalue weighted by Gasteiger charge is 2.33. The van der Waals surface area contributed by atoms with Gasteiger partial charge in [-0.05, 0) is 46.2 Å². The normalized spacial score (nSPS) is 15.6. The van der Waals surface area contributed by atoms with Crippen molar-refractivity contribution in [2.45, 2.75) is 6.04 Å². The number of rotatable bonds is 5. The molecule has 1 atom stereocenters. The number of nitrogens with zero attached hydrogens (tertiary/aromatic N) is 1. The molecule has 1 aromatic heterocycles. The van der Waals surface area contributed by atoms with Crippen molar-refractivity contribution in [3.8, 4) is 5.75 Å². The number of amides is 1. The standard InChI is InChI=1S/C23H19NO4S/c25-22(15-28-23(26)11-10-17-12-13-29-16-17)24-19-8-4-5-9-21(19)27-14-20(24)18-6-2-1-3-7-18/h1-13,16,20H,14-15H2/b11-10+/t20-/m0/s1. The largest absolute Gasteiger partial charge is 0.489 e. The van der Waals surface area contributed by atoms with Gasteiger partial charge in [-0.3, -0.25) is 9.69 Å². The first-order valence-electron chi connectivity index (χ1n) is 9.18. The van der Waals surface area contributed by atoms with Crippen molar-refractivity contribution in [3.63, 3.8) is 0 Å². The molecule has 1 amide bonds. The molecule has 0 unspecified atom stereocenters. The van der Waals surface area contributed by atoms with Crippen LogP contribution in [0, 0.1) is 0 Å². The molecular formula is C23H19NO4S. The Hall–Kier alpha value is -3.38. The molecule has 1 aliphatic heterocycles. The maximum atomic E-state index is 13.1. The van der Waals surface area contributed by atoms with Gasteiger partial charge < -0.3 is 9.47 Å². The number of carbonyl (C=O) groups is 2. The van der Waals surface area contributed by atoms with E-state index in [0.29, 0.717) is 18.0 Å². The summed E-state index contributed by atoms with van der Waals surface area (Å²) < 4.78 is 11.1. The van der Waals surface area contributed by atoms with E-state index in [0.717, 1.165) is 11.1 Å². The molecule has 0 aliphatic carbocycles. The molecule has 0 spiro atoms. The fourth-order valence-electron chi connectivity index (χ4n) is 3.20. The zero-order valence-electron chi connectivity index (χ0n) is 15.6. The van der Waals surface area contributed by atoms with E-state index in [9.17, 15) is 9.59 Å². The fourth-order valence-corrected chi connectivity index (χ4v) is 3.83. The van der Waals surface area contributed by atoms with Gasteiger partial charge in [-0.25, -0.2) is 4.79 Å². The van der Waals surface area contributed by atoms with Gasteiger partial charge in [0.2, 0.25) is 0 Å². The smallest absolute Gasteiger partial charge is 0.331 e. The Bertz CT molecular complexity index is 1010. The Labute approximate surface area is 172 Å². The molecule has 0 saturated heterocycles. The lowest BCUT2D eigenvalue weighted by molar-refractivity contribution is -0.143. The summed E-state index contributed by atoms with van der Waals surface area (Å²) in [6, 6.07) is 18.7. The second-order valence-electron chi connectivity index (χ2n) is 6.47. The molecule has 0 saturated carbocycles. The summed E-state index contributed by atoms with van der Waals surface area (Å²) in [5.74, 6) is -0.217. The summed E-state index contributed by atoms with van der Waals surface area (Å²) in [4.78, 5) is 26.7. The van der Waals surface area contributed by atoms with Crippen molar-refractivity contribution in [1.82, 2.24) is 0 Å². The molecule has 0 N–H and O–H groups in total. The van der Waals surface area contributed by atoms with Crippen LogP contribution in [0.5, 0.6) is 5.75 Å². The van der Waals surface area contributed by atoms with Gasteiger partial charge in [0.1, 0.15) is 12.4 Å².